The first-order valence-electron chi connectivity index (χ1n) is 7.65. The molecule has 1 N–H and O–H groups in total. The Hall–Kier alpha value is -1.76. The number of benzene rings is 1. The van der Waals surface area contributed by atoms with E-state index in [1.165, 1.54) is 24.3 Å². The van der Waals surface area contributed by atoms with Crippen LogP contribution in [0, 0.1) is 5.41 Å². The minimum atomic E-state index is -4.72. The molecule has 1 heterocycles. The van der Waals surface area contributed by atoms with Gasteiger partial charge in [-0.2, -0.15) is 0 Å². The van der Waals surface area contributed by atoms with Crippen LogP contribution in [0.5, 0.6) is 5.75 Å². The van der Waals surface area contributed by atoms with Gasteiger partial charge in [0, 0.05) is 12.2 Å². The molecular weight excluding hydrogens is 311 g/mol. The van der Waals surface area contributed by atoms with E-state index in [0.717, 1.165) is 6.42 Å². The molecule has 0 aromatic heterocycles. The molecule has 4 nitrogen and oxygen atoms in total. The predicted octanol–water partition coefficient (Wildman–Crippen LogP) is 3.24. The molecule has 1 aromatic carbocycles. The first kappa shape index (κ1) is 16.1. The second-order valence-corrected chi connectivity index (χ2v) is 6.26. The third kappa shape index (κ3) is 3.29. The molecule has 0 bridgehead atoms. The quantitative estimate of drug-likeness (QED) is 0.906. The van der Waals surface area contributed by atoms with Gasteiger partial charge in [-0.3, -0.25) is 4.79 Å². The van der Waals surface area contributed by atoms with E-state index in [1.54, 1.807) is 4.90 Å². The van der Waals surface area contributed by atoms with Gasteiger partial charge in [-0.25, -0.2) is 0 Å². The third-order valence-corrected chi connectivity index (χ3v) is 4.81. The molecule has 1 aliphatic carbocycles. The second kappa shape index (κ2) is 5.70. The Labute approximate surface area is 131 Å². The molecule has 1 amide bonds. The van der Waals surface area contributed by atoms with Crippen LogP contribution in [-0.2, 0) is 4.79 Å². The lowest BCUT2D eigenvalue weighted by Gasteiger charge is -2.33. The molecule has 0 radical (unpaired) electrons. The SMILES string of the molecule is O=C1N(c2ccc(OC(F)(F)F)cc2)CCC12CCC(O)CC2. The lowest BCUT2D eigenvalue weighted by molar-refractivity contribution is -0.274. The number of ether oxygens (including phenoxy) is 1. The van der Waals surface area contributed by atoms with Gasteiger partial charge < -0.3 is 14.7 Å². The summed E-state index contributed by atoms with van der Waals surface area (Å²) in [5.74, 6) is -0.294. The smallest absolute Gasteiger partial charge is 0.406 e. The summed E-state index contributed by atoms with van der Waals surface area (Å²) in [5.41, 5.74) is 0.160. The number of alkyl halides is 3. The minimum absolute atomic E-state index is 0.00823. The van der Waals surface area contributed by atoms with E-state index in [-0.39, 0.29) is 17.8 Å². The molecular formula is C16H18F3NO3. The van der Waals surface area contributed by atoms with Crippen molar-refractivity contribution in [3.8, 4) is 5.75 Å². The Balaban J connectivity index is 1.72. The number of nitrogens with zero attached hydrogens (tertiary/aromatic N) is 1. The number of hydrogen-bond acceptors (Lipinski definition) is 3. The van der Waals surface area contributed by atoms with Gasteiger partial charge in [0.1, 0.15) is 5.75 Å². The van der Waals surface area contributed by atoms with Crippen molar-refractivity contribution in [1.82, 2.24) is 0 Å². The van der Waals surface area contributed by atoms with Crippen LogP contribution < -0.4 is 9.64 Å². The second-order valence-electron chi connectivity index (χ2n) is 6.26. The van der Waals surface area contributed by atoms with Crippen molar-refractivity contribution >= 4 is 11.6 Å². The van der Waals surface area contributed by atoms with Gasteiger partial charge in [0.2, 0.25) is 5.91 Å². The molecule has 0 unspecified atom stereocenters. The number of anilines is 1. The monoisotopic (exact) mass is 329 g/mol. The normalized spacial score (nSPS) is 28.4. The Kier molecular flexibility index (Phi) is 4.00. The highest BCUT2D eigenvalue weighted by Gasteiger charge is 2.48. The fourth-order valence-electron chi connectivity index (χ4n) is 3.51. The van der Waals surface area contributed by atoms with E-state index >= 15 is 0 Å². The van der Waals surface area contributed by atoms with Gasteiger partial charge in [-0.15, -0.1) is 13.2 Å². The van der Waals surface area contributed by atoms with Crippen molar-refractivity contribution in [3.05, 3.63) is 24.3 Å². The number of amides is 1. The maximum Gasteiger partial charge on any atom is 0.573 e. The number of carbonyl (C=O) groups excluding carboxylic acids is 1. The van der Waals surface area contributed by atoms with E-state index in [9.17, 15) is 23.1 Å². The largest absolute Gasteiger partial charge is 0.573 e. The van der Waals surface area contributed by atoms with E-state index in [0.29, 0.717) is 37.9 Å². The summed E-state index contributed by atoms with van der Waals surface area (Å²) in [5, 5.41) is 9.61. The van der Waals surface area contributed by atoms with Gasteiger partial charge in [0.15, 0.2) is 0 Å². The van der Waals surface area contributed by atoms with Crippen LogP contribution in [0.15, 0.2) is 24.3 Å². The first-order chi connectivity index (χ1) is 10.8. The molecule has 1 saturated carbocycles. The number of rotatable bonds is 2. The zero-order chi connectivity index (χ0) is 16.7. The van der Waals surface area contributed by atoms with E-state index in [4.69, 9.17) is 0 Å². The minimum Gasteiger partial charge on any atom is -0.406 e. The van der Waals surface area contributed by atoms with Gasteiger partial charge in [-0.1, -0.05) is 0 Å². The standard InChI is InChI=1S/C16H18F3NO3/c17-16(18,19)23-13-3-1-11(2-4-13)20-10-9-15(14(20)22)7-5-12(21)6-8-15/h1-4,12,21H,5-10H2. The van der Waals surface area contributed by atoms with Crippen LogP contribution in [0.1, 0.15) is 32.1 Å². The van der Waals surface area contributed by atoms with Crippen LogP contribution >= 0.6 is 0 Å². The zero-order valence-electron chi connectivity index (χ0n) is 12.5. The number of aliphatic hydroxyl groups excluding tert-OH is 1. The molecule has 7 heteroatoms. The Morgan fingerprint density at radius 2 is 1.74 bits per heavy atom. The van der Waals surface area contributed by atoms with E-state index < -0.39 is 11.8 Å². The summed E-state index contributed by atoms with van der Waals surface area (Å²) in [6.07, 6.45) is -1.76. The summed E-state index contributed by atoms with van der Waals surface area (Å²) < 4.78 is 40.3. The molecule has 0 atom stereocenters. The maximum absolute atomic E-state index is 12.7. The van der Waals surface area contributed by atoms with Gasteiger partial charge in [-0.05, 0) is 56.4 Å². The molecule has 1 aromatic rings. The van der Waals surface area contributed by atoms with Crippen molar-refractivity contribution in [2.45, 2.75) is 44.6 Å². The summed E-state index contributed by atoms with van der Waals surface area (Å²) in [4.78, 5) is 14.4. The highest BCUT2D eigenvalue weighted by molar-refractivity contribution is 6.00. The summed E-state index contributed by atoms with van der Waals surface area (Å²) in [7, 11) is 0. The topological polar surface area (TPSA) is 49.8 Å². The number of halogens is 3. The van der Waals surface area contributed by atoms with E-state index in [2.05, 4.69) is 4.74 Å². The zero-order valence-corrected chi connectivity index (χ0v) is 12.5. The Bertz CT molecular complexity index is 577. The summed E-state index contributed by atoms with van der Waals surface area (Å²) in [6, 6.07) is 5.36. The molecule has 1 spiro atoms. The predicted molar refractivity (Wildman–Crippen MR) is 77.0 cm³/mol. The molecule has 1 saturated heterocycles. The lowest BCUT2D eigenvalue weighted by Crippen LogP contribution is -2.38. The van der Waals surface area contributed by atoms with Crippen LogP contribution in [-0.4, -0.2) is 30.0 Å². The van der Waals surface area contributed by atoms with Crippen molar-refractivity contribution in [3.63, 3.8) is 0 Å². The van der Waals surface area contributed by atoms with Crippen LogP contribution in [0.3, 0.4) is 0 Å². The third-order valence-electron chi connectivity index (χ3n) is 4.81. The Morgan fingerprint density at radius 3 is 2.30 bits per heavy atom. The van der Waals surface area contributed by atoms with Crippen molar-refractivity contribution < 1.29 is 27.8 Å². The number of hydrogen-bond donors (Lipinski definition) is 1. The molecule has 2 aliphatic rings. The van der Waals surface area contributed by atoms with Gasteiger partial charge in [0.25, 0.3) is 0 Å². The average Bonchev–Trinajstić information content (AvgIpc) is 2.79. The van der Waals surface area contributed by atoms with Crippen LogP contribution in [0.4, 0.5) is 18.9 Å². The molecule has 2 fully saturated rings. The molecule has 1 aliphatic heterocycles. The maximum atomic E-state index is 12.7. The van der Waals surface area contributed by atoms with Crippen LogP contribution in [0.25, 0.3) is 0 Å². The lowest BCUT2D eigenvalue weighted by atomic mass is 9.72. The van der Waals surface area contributed by atoms with Gasteiger partial charge in [0.05, 0.1) is 11.5 Å². The first-order valence-corrected chi connectivity index (χ1v) is 7.65. The van der Waals surface area contributed by atoms with Crippen molar-refractivity contribution in [1.29, 1.82) is 0 Å². The number of carbonyl (C=O) groups is 1. The fraction of sp³-hybridized carbons (Fsp3) is 0.562. The summed E-state index contributed by atoms with van der Waals surface area (Å²) >= 11 is 0. The summed E-state index contributed by atoms with van der Waals surface area (Å²) in [6.45, 7) is 0.550. The van der Waals surface area contributed by atoms with Gasteiger partial charge >= 0.3 is 6.36 Å². The van der Waals surface area contributed by atoms with Crippen molar-refractivity contribution in [2.75, 3.05) is 11.4 Å². The highest BCUT2D eigenvalue weighted by Crippen LogP contribution is 2.46. The van der Waals surface area contributed by atoms with E-state index in [1.807, 2.05) is 0 Å². The fourth-order valence-corrected chi connectivity index (χ4v) is 3.51. The number of aliphatic hydroxyl groups is 1. The van der Waals surface area contributed by atoms with Crippen molar-refractivity contribution in [2.24, 2.45) is 5.41 Å². The average molecular weight is 329 g/mol. The Morgan fingerprint density at radius 1 is 1.13 bits per heavy atom. The molecule has 23 heavy (non-hydrogen) atoms. The molecule has 3 rings (SSSR count). The van der Waals surface area contributed by atoms with Crippen LogP contribution in [0.2, 0.25) is 0 Å². The highest BCUT2D eigenvalue weighted by atomic mass is 19.4. The molecule has 126 valence electrons.